The fourth-order valence-corrected chi connectivity index (χ4v) is 2.04. The van der Waals surface area contributed by atoms with Gasteiger partial charge in [0.05, 0.1) is 14.2 Å². The topological polar surface area (TPSA) is 47.6 Å². The van der Waals surface area contributed by atoms with Crippen LogP contribution in [0.4, 0.5) is 5.69 Å². The van der Waals surface area contributed by atoms with Crippen LogP contribution in [0.1, 0.15) is 11.1 Å². The molecule has 0 spiro atoms. The van der Waals surface area contributed by atoms with Crippen LogP contribution in [0.25, 0.3) is 6.08 Å². The summed E-state index contributed by atoms with van der Waals surface area (Å²) in [5, 5.41) is 2.79. The van der Waals surface area contributed by atoms with Crippen LogP contribution in [0, 0.1) is 6.92 Å². The molecule has 0 saturated heterocycles. The summed E-state index contributed by atoms with van der Waals surface area (Å²) in [6, 6.07) is 13.2. The van der Waals surface area contributed by atoms with Crippen molar-refractivity contribution in [2.45, 2.75) is 6.92 Å². The Bertz CT molecular complexity index is 692. The molecule has 22 heavy (non-hydrogen) atoms. The van der Waals surface area contributed by atoms with E-state index in [2.05, 4.69) is 5.32 Å². The third-order valence-electron chi connectivity index (χ3n) is 3.12. The van der Waals surface area contributed by atoms with Gasteiger partial charge in [-0.3, -0.25) is 4.79 Å². The van der Waals surface area contributed by atoms with Crippen LogP contribution < -0.4 is 14.8 Å². The van der Waals surface area contributed by atoms with Crippen molar-refractivity contribution in [1.29, 1.82) is 0 Å². The number of benzene rings is 2. The standard InChI is InChI=1S/C18H19NO3/c1-13-5-4-6-14(11-13)7-10-18(20)19-15-8-9-16(21-2)17(12-15)22-3/h4-12H,1-3H3,(H,19,20)/b10-7+. The zero-order valence-corrected chi connectivity index (χ0v) is 12.9. The van der Waals surface area contributed by atoms with Crippen LogP contribution in [0.5, 0.6) is 11.5 Å². The highest BCUT2D eigenvalue weighted by Gasteiger charge is 2.05. The fraction of sp³-hybridized carbons (Fsp3) is 0.167. The lowest BCUT2D eigenvalue weighted by Crippen LogP contribution is -2.07. The summed E-state index contributed by atoms with van der Waals surface area (Å²) < 4.78 is 10.4. The second-order valence-corrected chi connectivity index (χ2v) is 4.81. The minimum Gasteiger partial charge on any atom is -0.493 e. The van der Waals surface area contributed by atoms with Crippen LogP contribution in [0.15, 0.2) is 48.5 Å². The number of rotatable bonds is 5. The molecule has 0 aliphatic rings. The summed E-state index contributed by atoms with van der Waals surface area (Å²) in [7, 11) is 3.13. The molecule has 2 aromatic carbocycles. The Morgan fingerprint density at radius 2 is 1.82 bits per heavy atom. The van der Waals surface area contributed by atoms with Gasteiger partial charge in [-0.15, -0.1) is 0 Å². The third kappa shape index (κ3) is 4.12. The minimum atomic E-state index is -0.200. The number of hydrogen-bond acceptors (Lipinski definition) is 3. The molecule has 0 radical (unpaired) electrons. The number of carbonyl (C=O) groups excluding carboxylic acids is 1. The first-order valence-electron chi connectivity index (χ1n) is 6.90. The number of carbonyl (C=O) groups is 1. The average Bonchev–Trinajstić information content (AvgIpc) is 2.53. The fourth-order valence-electron chi connectivity index (χ4n) is 2.04. The van der Waals surface area contributed by atoms with Gasteiger partial charge >= 0.3 is 0 Å². The van der Waals surface area contributed by atoms with Gasteiger partial charge in [-0.25, -0.2) is 0 Å². The summed E-state index contributed by atoms with van der Waals surface area (Å²) in [5.74, 6) is 0.993. The van der Waals surface area contributed by atoms with E-state index in [0.717, 1.165) is 11.1 Å². The van der Waals surface area contributed by atoms with Gasteiger partial charge in [0.2, 0.25) is 5.91 Å². The van der Waals surface area contributed by atoms with E-state index in [-0.39, 0.29) is 5.91 Å². The molecule has 0 heterocycles. The van der Waals surface area contributed by atoms with Crippen LogP contribution in [0.2, 0.25) is 0 Å². The highest BCUT2D eigenvalue weighted by molar-refractivity contribution is 6.02. The van der Waals surface area contributed by atoms with E-state index >= 15 is 0 Å². The maximum absolute atomic E-state index is 12.0. The van der Waals surface area contributed by atoms with Crippen molar-refractivity contribution in [2.24, 2.45) is 0 Å². The average molecular weight is 297 g/mol. The lowest BCUT2D eigenvalue weighted by Gasteiger charge is -2.09. The van der Waals surface area contributed by atoms with Gasteiger partial charge in [0.25, 0.3) is 0 Å². The smallest absolute Gasteiger partial charge is 0.248 e. The largest absolute Gasteiger partial charge is 0.493 e. The third-order valence-corrected chi connectivity index (χ3v) is 3.12. The number of hydrogen-bond donors (Lipinski definition) is 1. The van der Waals surface area contributed by atoms with Crippen LogP contribution >= 0.6 is 0 Å². The number of amides is 1. The molecule has 2 rings (SSSR count). The first-order chi connectivity index (χ1) is 10.6. The van der Waals surface area contributed by atoms with Gasteiger partial charge in [-0.05, 0) is 30.7 Å². The molecule has 4 nitrogen and oxygen atoms in total. The molecule has 0 bridgehead atoms. The van der Waals surface area contributed by atoms with E-state index in [0.29, 0.717) is 17.2 Å². The van der Waals surface area contributed by atoms with Crippen molar-refractivity contribution < 1.29 is 14.3 Å². The normalized spacial score (nSPS) is 10.5. The molecule has 0 aromatic heterocycles. The zero-order valence-electron chi connectivity index (χ0n) is 12.9. The van der Waals surface area contributed by atoms with Gasteiger partial charge in [0, 0.05) is 17.8 Å². The number of anilines is 1. The monoisotopic (exact) mass is 297 g/mol. The lowest BCUT2D eigenvalue weighted by atomic mass is 10.1. The highest BCUT2D eigenvalue weighted by Crippen LogP contribution is 2.29. The Kier molecular flexibility index (Phi) is 5.20. The van der Waals surface area contributed by atoms with Gasteiger partial charge in [0.15, 0.2) is 11.5 Å². The molecule has 4 heteroatoms. The van der Waals surface area contributed by atoms with E-state index in [9.17, 15) is 4.79 Å². The van der Waals surface area contributed by atoms with Crippen LogP contribution in [-0.2, 0) is 4.79 Å². The highest BCUT2D eigenvalue weighted by atomic mass is 16.5. The number of ether oxygens (including phenoxy) is 2. The summed E-state index contributed by atoms with van der Waals surface area (Å²) in [4.78, 5) is 12.0. The Balaban J connectivity index is 2.06. The van der Waals surface area contributed by atoms with Gasteiger partial charge in [-0.2, -0.15) is 0 Å². The maximum atomic E-state index is 12.0. The molecule has 114 valence electrons. The van der Waals surface area contributed by atoms with Crippen LogP contribution in [0.3, 0.4) is 0 Å². The molecule has 0 saturated carbocycles. The molecule has 2 aromatic rings. The molecule has 1 N–H and O–H groups in total. The number of methoxy groups -OCH3 is 2. The van der Waals surface area contributed by atoms with Crippen molar-refractivity contribution in [3.8, 4) is 11.5 Å². The Hall–Kier alpha value is -2.75. The first-order valence-corrected chi connectivity index (χ1v) is 6.90. The first kappa shape index (κ1) is 15.6. The molecule has 1 amide bonds. The van der Waals surface area contributed by atoms with Crippen LogP contribution in [-0.4, -0.2) is 20.1 Å². The predicted octanol–water partition coefficient (Wildman–Crippen LogP) is 3.66. The quantitative estimate of drug-likeness (QED) is 0.857. The van der Waals surface area contributed by atoms with Gasteiger partial charge in [-0.1, -0.05) is 29.8 Å². The molecule has 0 fully saturated rings. The lowest BCUT2D eigenvalue weighted by molar-refractivity contribution is -0.111. The molecule has 0 atom stereocenters. The second kappa shape index (κ2) is 7.31. The Morgan fingerprint density at radius 1 is 1.05 bits per heavy atom. The minimum absolute atomic E-state index is 0.200. The molecule has 0 aliphatic carbocycles. The Labute approximate surface area is 130 Å². The van der Waals surface area contributed by atoms with Gasteiger partial charge in [0.1, 0.15) is 0 Å². The second-order valence-electron chi connectivity index (χ2n) is 4.81. The molecule has 0 unspecified atom stereocenters. The molecular formula is C18H19NO3. The SMILES string of the molecule is COc1ccc(NC(=O)/C=C/c2cccc(C)c2)cc1OC. The van der Waals surface area contributed by atoms with Crippen molar-refractivity contribution >= 4 is 17.7 Å². The van der Waals surface area contributed by atoms with Crippen molar-refractivity contribution in [3.63, 3.8) is 0 Å². The Morgan fingerprint density at radius 3 is 2.50 bits per heavy atom. The predicted molar refractivity (Wildman–Crippen MR) is 88.4 cm³/mol. The summed E-state index contributed by atoms with van der Waals surface area (Å²) >= 11 is 0. The van der Waals surface area contributed by atoms with Gasteiger partial charge < -0.3 is 14.8 Å². The van der Waals surface area contributed by atoms with Crippen molar-refractivity contribution in [3.05, 3.63) is 59.7 Å². The number of nitrogens with one attached hydrogen (secondary N) is 1. The molecule has 0 aliphatic heterocycles. The van der Waals surface area contributed by atoms with Crippen molar-refractivity contribution in [1.82, 2.24) is 0 Å². The van der Waals surface area contributed by atoms with E-state index in [1.54, 1.807) is 38.5 Å². The van der Waals surface area contributed by atoms with Crippen molar-refractivity contribution in [2.75, 3.05) is 19.5 Å². The maximum Gasteiger partial charge on any atom is 0.248 e. The summed E-state index contributed by atoms with van der Waals surface area (Å²) in [6.07, 6.45) is 3.29. The summed E-state index contributed by atoms with van der Waals surface area (Å²) in [5.41, 5.74) is 2.79. The zero-order chi connectivity index (χ0) is 15.9. The summed E-state index contributed by atoms with van der Waals surface area (Å²) in [6.45, 7) is 2.01. The van der Waals surface area contributed by atoms with E-state index in [4.69, 9.17) is 9.47 Å². The van der Waals surface area contributed by atoms with E-state index in [1.807, 2.05) is 31.2 Å². The number of aryl methyl sites for hydroxylation is 1. The van der Waals surface area contributed by atoms with E-state index in [1.165, 1.54) is 6.08 Å². The molecular weight excluding hydrogens is 278 g/mol. The van der Waals surface area contributed by atoms with E-state index < -0.39 is 0 Å².